The molecule has 6 heteroatoms. The van der Waals surface area contributed by atoms with Crippen LogP contribution in [0.1, 0.15) is 41.5 Å². The van der Waals surface area contributed by atoms with Gasteiger partial charge in [-0.2, -0.15) is 0 Å². The number of benzene rings is 1. The average molecular weight is 380 g/mol. The lowest BCUT2D eigenvalue weighted by molar-refractivity contribution is -0.138. The van der Waals surface area contributed by atoms with E-state index in [2.05, 4.69) is 15.9 Å². The summed E-state index contributed by atoms with van der Waals surface area (Å²) in [5.41, 5.74) is 1.59. The van der Waals surface area contributed by atoms with Crippen molar-refractivity contribution in [1.29, 1.82) is 0 Å². The van der Waals surface area contributed by atoms with Crippen molar-refractivity contribution in [2.24, 2.45) is 0 Å². The second-order valence-electron chi connectivity index (χ2n) is 5.12. The highest BCUT2D eigenvalue weighted by atomic mass is 79.9. The number of hydrogen-bond donors (Lipinski definition) is 1. The number of hydrogen-bond acceptors (Lipinski definition) is 3. The van der Waals surface area contributed by atoms with Gasteiger partial charge in [0.05, 0.1) is 18.7 Å². The maximum absolute atomic E-state index is 12.8. The molecule has 2 rings (SSSR count). The zero-order valence-electron chi connectivity index (χ0n) is 13.2. The first-order chi connectivity index (χ1) is 10.9. The van der Waals surface area contributed by atoms with Gasteiger partial charge in [-0.3, -0.25) is 9.59 Å². The van der Waals surface area contributed by atoms with Crippen molar-refractivity contribution < 1.29 is 19.4 Å². The molecule has 0 saturated carbocycles. The molecule has 0 aliphatic heterocycles. The van der Waals surface area contributed by atoms with E-state index in [1.807, 2.05) is 6.92 Å². The summed E-state index contributed by atoms with van der Waals surface area (Å²) in [5.74, 6) is -1.11. The fraction of sp³-hybridized carbons (Fsp3) is 0.294. The Morgan fingerprint density at radius 3 is 2.39 bits per heavy atom. The van der Waals surface area contributed by atoms with E-state index >= 15 is 0 Å². The number of carboxylic acid groups (broad SMARTS) is 1. The van der Waals surface area contributed by atoms with Crippen LogP contribution in [0, 0.1) is 0 Å². The first-order valence-electron chi connectivity index (χ1n) is 7.21. The number of rotatable bonds is 6. The van der Waals surface area contributed by atoms with Gasteiger partial charge in [-0.25, -0.2) is 0 Å². The molecule has 1 heterocycles. The lowest BCUT2D eigenvalue weighted by atomic mass is 10.1. The van der Waals surface area contributed by atoms with Crippen molar-refractivity contribution in [3.63, 3.8) is 0 Å². The topological polar surface area (TPSA) is 68.5 Å². The Kier molecular flexibility index (Phi) is 5.26. The molecule has 0 saturated heterocycles. The summed E-state index contributed by atoms with van der Waals surface area (Å²) in [6.45, 7) is 4.00. The number of carbonyl (C=O) groups is 2. The predicted molar refractivity (Wildman–Crippen MR) is 90.3 cm³/mol. The molecule has 1 unspecified atom stereocenters. The first-order valence-corrected chi connectivity index (χ1v) is 8.00. The van der Waals surface area contributed by atoms with Crippen LogP contribution in [-0.4, -0.2) is 28.5 Å². The van der Waals surface area contributed by atoms with Crippen molar-refractivity contribution in [3.05, 3.63) is 51.8 Å². The largest absolute Gasteiger partial charge is 0.497 e. The normalized spacial score (nSPS) is 12.0. The van der Waals surface area contributed by atoms with Crippen LogP contribution in [0.2, 0.25) is 0 Å². The van der Waals surface area contributed by atoms with Crippen LogP contribution in [0.25, 0.3) is 0 Å². The highest BCUT2D eigenvalue weighted by molar-refractivity contribution is 9.10. The average Bonchev–Trinajstić information content (AvgIpc) is 2.89. The van der Waals surface area contributed by atoms with Crippen molar-refractivity contribution in [1.82, 2.24) is 4.57 Å². The van der Waals surface area contributed by atoms with E-state index in [4.69, 9.17) is 4.74 Å². The fourth-order valence-electron chi connectivity index (χ4n) is 2.51. The van der Waals surface area contributed by atoms with E-state index in [1.54, 1.807) is 48.9 Å². The molecule has 5 nitrogen and oxygen atoms in total. The second kappa shape index (κ2) is 7.00. The van der Waals surface area contributed by atoms with E-state index in [9.17, 15) is 14.7 Å². The first kappa shape index (κ1) is 17.3. The molecule has 0 bridgehead atoms. The van der Waals surface area contributed by atoms with Crippen LogP contribution in [0.3, 0.4) is 0 Å². The fourth-order valence-corrected chi connectivity index (χ4v) is 3.28. The third-order valence-corrected chi connectivity index (χ3v) is 4.41. The van der Waals surface area contributed by atoms with Gasteiger partial charge in [0.25, 0.3) is 0 Å². The van der Waals surface area contributed by atoms with Crippen molar-refractivity contribution >= 4 is 27.7 Å². The zero-order chi connectivity index (χ0) is 17.1. The number of nitrogens with zero attached hydrogens (tertiary/aromatic N) is 1. The minimum absolute atomic E-state index is 0.154. The molecule has 1 N–H and O–H groups in total. The molecule has 1 aromatic carbocycles. The van der Waals surface area contributed by atoms with Crippen LogP contribution in [0.15, 0.2) is 34.8 Å². The van der Waals surface area contributed by atoms with Crippen molar-refractivity contribution in [2.75, 3.05) is 7.11 Å². The van der Waals surface area contributed by atoms with Crippen molar-refractivity contribution in [3.8, 4) is 5.75 Å². The third kappa shape index (κ3) is 3.32. The molecule has 1 atom stereocenters. The predicted octanol–water partition coefficient (Wildman–Crippen LogP) is 3.70. The number of halogens is 1. The van der Waals surface area contributed by atoms with Gasteiger partial charge in [0.2, 0.25) is 5.78 Å². The van der Waals surface area contributed by atoms with Crippen LogP contribution >= 0.6 is 15.9 Å². The molecule has 0 aliphatic carbocycles. The molecule has 0 fully saturated rings. The van der Waals surface area contributed by atoms with Gasteiger partial charge in [0, 0.05) is 22.3 Å². The van der Waals surface area contributed by atoms with Gasteiger partial charge < -0.3 is 14.4 Å². The highest BCUT2D eigenvalue weighted by Crippen LogP contribution is 2.30. The molecule has 0 spiro atoms. The van der Waals surface area contributed by atoms with E-state index in [0.717, 1.165) is 0 Å². The molecule has 0 aliphatic rings. The summed E-state index contributed by atoms with van der Waals surface area (Å²) in [6, 6.07) is 8.53. The van der Waals surface area contributed by atoms with Crippen LogP contribution in [0.5, 0.6) is 5.75 Å². The van der Waals surface area contributed by atoms with Gasteiger partial charge in [-0.1, -0.05) is 0 Å². The van der Waals surface area contributed by atoms with Gasteiger partial charge in [0.1, 0.15) is 5.75 Å². The molecular formula is C17H18BrNO4. The van der Waals surface area contributed by atoms with Crippen LogP contribution < -0.4 is 4.74 Å². The summed E-state index contributed by atoms with van der Waals surface area (Å²) in [5, 5.41) is 9.27. The minimum Gasteiger partial charge on any atom is -0.497 e. The SMILES string of the molecule is CCn1c(C(=O)c2ccc(OC)cc2)cc(Br)c1C(C)C(=O)O. The van der Waals surface area contributed by atoms with Gasteiger partial charge >= 0.3 is 5.97 Å². The third-order valence-electron chi connectivity index (χ3n) is 3.77. The number of ether oxygens (including phenoxy) is 1. The van der Waals surface area contributed by atoms with Crippen molar-refractivity contribution in [2.45, 2.75) is 26.3 Å². The second-order valence-corrected chi connectivity index (χ2v) is 5.98. The number of carboxylic acids is 1. The zero-order valence-corrected chi connectivity index (χ0v) is 14.8. The van der Waals surface area contributed by atoms with Gasteiger partial charge in [0.15, 0.2) is 0 Å². The van der Waals surface area contributed by atoms with E-state index in [0.29, 0.717) is 33.7 Å². The van der Waals surface area contributed by atoms with Gasteiger partial charge in [-0.15, -0.1) is 0 Å². The van der Waals surface area contributed by atoms with Crippen LogP contribution in [-0.2, 0) is 11.3 Å². The maximum atomic E-state index is 12.8. The molecule has 122 valence electrons. The highest BCUT2D eigenvalue weighted by Gasteiger charge is 2.26. The van der Waals surface area contributed by atoms with E-state index in [1.165, 1.54) is 0 Å². The maximum Gasteiger partial charge on any atom is 0.312 e. The Morgan fingerprint density at radius 1 is 1.30 bits per heavy atom. The molecular weight excluding hydrogens is 362 g/mol. The smallest absolute Gasteiger partial charge is 0.312 e. The van der Waals surface area contributed by atoms with Crippen LogP contribution in [0.4, 0.5) is 0 Å². The molecule has 0 radical (unpaired) electrons. The van der Waals surface area contributed by atoms with E-state index < -0.39 is 11.9 Å². The van der Waals surface area contributed by atoms with Gasteiger partial charge in [-0.05, 0) is 60.1 Å². The van der Waals surface area contributed by atoms with E-state index in [-0.39, 0.29) is 5.78 Å². The summed E-state index contributed by atoms with van der Waals surface area (Å²) >= 11 is 3.38. The number of aromatic nitrogens is 1. The molecule has 23 heavy (non-hydrogen) atoms. The Morgan fingerprint density at radius 2 is 1.91 bits per heavy atom. The monoisotopic (exact) mass is 379 g/mol. The Bertz CT molecular complexity index is 734. The summed E-state index contributed by atoms with van der Waals surface area (Å²) in [7, 11) is 1.57. The Balaban J connectivity index is 2.48. The minimum atomic E-state index is -0.929. The molecule has 0 amide bonds. The standard InChI is InChI=1S/C17H18BrNO4/c1-4-19-14(9-13(18)15(19)10(2)17(21)22)16(20)11-5-7-12(23-3)8-6-11/h5-10H,4H2,1-3H3,(H,21,22). The quantitative estimate of drug-likeness (QED) is 0.776. The Labute approximate surface area is 143 Å². The lowest BCUT2D eigenvalue weighted by Crippen LogP contribution is -2.17. The number of methoxy groups -OCH3 is 1. The number of aliphatic carboxylic acids is 1. The Hall–Kier alpha value is -2.08. The summed E-state index contributed by atoms with van der Waals surface area (Å²) in [6.07, 6.45) is 0. The molecule has 2 aromatic rings. The summed E-state index contributed by atoms with van der Waals surface area (Å²) < 4.78 is 7.47. The summed E-state index contributed by atoms with van der Waals surface area (Å²) in [4.78, 5) is 24.1. The number of ketones is 1. The molecule has 1 aromatic heterocycles. The lowest BCUT2D eigenvalue weighted by Gasteiger charge is -2.14. The number of carbonyl (C=O) groups excluding carboxylic acids is 1.